The molecule has 0 fully saturated rings. The molecule has 0 saturated heterocycles. The van der Waals surface area contributed by atoms with Gasteiger partial charge < -0.3 is 5.32 Å². The summed E-state index contributed by atoms with van der Waals surface area (Å²) in [6, 6.07) is 20.6. The van der Waals surface area contributed by atoms with Gasteiger partial charge in [0.1, 0.15) is 6.04 Å². The molecule has 0 saturated carbocycles. The van der Waals surface area contributed by atoms with Gasteiger partial charge in [-0.15, -0.1) is 11.8 Å². The number of nitrogens with one attached hydrogen (secondary N) is 1. The number of nitrogens with zero attached hydrogens (tertiary/aromatic N) is 1. The number of carbonyl (C=O) groups is 1. The highest BCUT2D eigenvalue weighted by Gasteiger charge is 2.29. The Bertz CT molecular complexity index is 1240. The van der Waals surface area contributed by atoms with E-state index < -0.39 is 16.1 Å². The number of anilines is 2. The summed E-state index contributed by atoms with van der Waals surface area (Å²) in [5.41, 5.74) is 5.26. The van der Waals surface area contributed by atoms with Crippen LogP contribution in [0.4, 0.5) is 11.4 Å². The van der Waals surface area contributed by atoms with Gasteiger partial charge in [-0.25, -0.2) is 8.42 Å². The minimum atomic E-state index is -3.66. The summed E-state index contributed by atoms with van der Waals surface area (Å²) in [5, 5.41) is 2.91. The SMILES string of the molecule is Cc1ccc(N([C@H](C)C(=O)Nc2ccc(CSc3ccccc3)cc2C)S(C)(=O)=O)cc1C. The molecular formula is C26H30N2O3S2. The monoisotopic (exact) mass is 482 g/mol. The zero-order chi connectivity index (χ0) is 24.2. The van der Waals surface area contributed by atoms with Gasteiger partial charge in [0.2, 0.25) is 15.9 Å². The molecule has 3 rings (SSSR count). The number of hydrogen-bond acceptors (Lipinski definition) is 4. The largest absolute Gasteiger partial charge is 0.324 e. The molecule has 0 aromatic heterocycles. The number of benzene rings is 3. The summed E-state index contributed by atoms with van der Waals surface area (Å²) in [6.07, 6.45) is 1.12. The van der Waals surface area contributed by atoms with Crippen molar-refractivity contribution in [3.63, 3.8) is 0 Å². The first-order valence-corrected chi connectivity index (χ1v) is 13.5. The lowest BCUT2D eigenvalue weighted by molar-refractivity contribution is -0.116. The third-order valence-electron chi connectivity index (χ3n) is 5.53. The van der Waals surface area contributed by atoms with Crippen molar-refractivity contribution in [2.45, 2.75) is 44.4 Å². The molecule has 3 aromatic rings. The van der Waals surface area contributed by atoms with Crippen LogP contribution in [-0.2, 0) is 20.6 Å². The minimum absolute atomic E-state index is 0.381. The molecule has 3 aromatic carbocycles. The van der Waals surface area contributed by atoms with Crippen LogP contribution in [0.25, 0.3) is 0 Å². The van der Waals surface area contributed by atoms with Crippen LogP contribution < -0.4 is 9.62 Å². The lowest BCUT2D eigenvalue weighted by Gasteiger charge is -2.29. The van der Waals surface area contributed by atoms with Crippen LogP contribution >= 0.6 is 11.8 Å². The summed E-state index contributed by atoms with van der Waals surface area (Å²) in [5.74, 6) is 0.442. The second kappa shape index (κ2) is 10.4. The second-order valence-electron chi connectivity index (χ2n) is 8.24. The molecule has 0 bridgehead atoms. The van der Waals surface area contributed by atoms with Crippen molar-refractivity contribution in [1.82, 2.24) is 0 Å². The van der Waals surface area contributed by atoms with Gasteiger partial charge >= 0.3 is 0 Å². The van der Waals surface area contributed by atoms with Gasteiger partial charge in [0.05, 0.1) is 11.9 Å². The van der Waals surface area contributed by atoms with Crippen molar-refractivity contribution in [3.05, 3.63) is 89.0 Å². The number of hydrogen-bond donors (Lipinski definition) is 1. The molecule has 5 nitrogen and oxygen atoms in total. The Kier molecular flexibility index (Phi) is 7.87. The normalized spacial score (nSPS) is 12.3. The highest BCUT2D eigenvalue weighted by atomic mass is 32.2. The molecule has 174 valence electrons. The van der Waals surface area contributed by atoms with Crippen LogP contribution in [-0.4, -0.2) is 26.6 Å². The number of carbonyl (C=O) groups excluding carboxylic acids is 1. The lowest BCUT2D eigenvalue weighted by Crippen LogP contribution is -2.45. The maximum absolute atomic E-state index is 13.1. The van der Waals surface area contributed by atoms with Gasteiger partial charge in [-0.1, -0.05) is 36.4 Å². The van der Waals surface area contributed by atoms with E-state index in [-0.39, 0.29) is 5.91 Å². The molecule has 1 N–H and O–H groups in total. The fraction of sp³-hybridized carbons (Fsp3) is 0.269. The fourth-order valence-electron chi connectivity index (χ4n) is 3.55. The average molecular weight is 483 g/mol. The summed E-state index contributed by atoms with van der Waals surface area (Å²) >= 11 is 1.75. The van der Waals surface area contributed by atoms with Crippen LogP contribution in [0.2, 0.25) is 0 Å². The topological polar surface area (TPSA) is 66.5 Å². The molecule has 1 atom stereocenters. The van der Waals surface area contributed by atoms with Gasteiger partial charge in [-0.2, -0.15) is 0 Å². The van der Waals surface area contributed by atoms with Crippen molar-refractivity contribution < 1.29 is 13.2 Å². The number of thioether (sulfide) groups is 1. The Labute approximate surface area is 201 Å². The molecule has 0 spiro atoms. The Hall–Kier alpha value is -2.77. The molecule has 0 unspecified atom stereocenters. The van der Waals surface area contributed by atoms with Gasteiger partial charge in [0.25, 0.3) is 0 Å². The van der Waals surface area contributed by atoms with E-state index in [1.807, 2.05) is 63.2 Å². The van der Waals surface area contributed by atoms with Gasteiger partial charge in [-0.05, 0) is 80.3 Å². The highest BCUT2D eigenvalue weighted by molar-refractivity contribution is 7.98. The second-order valence-corrected chi connectivity index (χ2v) is 11.2. The minimum Gasteiger partial charge on any atom is -0.324 e. The number of sulfonamides is 1. The summed E-state index contributed by atoms with van der Waals surface area (Å²) in [4.78, 5) is 14.3. The molecule has 0 heterocycles. The predicted molar refractivity (Wildman–Crippen MR) is 139 cm³/mol. The van der Waals surface area contributed by atoms with Crippen molar-refractivity contribution in [2.24, 2.45) is 0 Å². The van der Waals surface area contributed by atoms with Crippen LogP contribution in [0, 0.1) is 20.8 Å². The molecule has 1 amide bonds. The summed E-state index contributed by atoms with van der Waals surface area (Å²) in [7, 11) is -3.66. The smallest absolute Gasteiger partial charge is 0.248 e. The van der Waals surface area contributed by atoms with E-state index in [1.165, 1.54) is 9.20 Å². The Morgan fingerprint density at radius 3 is 2.24 bits per heavy atom. The van der Waals surface area contributed by atoms with Gasteiger partial charge in [0, 0.05) is 16.3 Å². The Morgan fingerprint density at radius 2 is 1.64 bits per heavy atom. The van der Waals surface area contributed by atoms with E-state index in [4.69, 9.17) is 0 Å². The molecule has 0 aliphatic carbocycles. The maximum Gasteiger partial charge on any atom is 0.248 e. The molecule has 33 heavy (non-hydrogen) atoms. The Morgan fingerprint density at radius 1 is 0.939 bits per heavy atom. The zero-order valence-corrected chi connectivity index (χ0v) is 21.3. The highest BCUT2D eigenvalue weighted by Crippen LogP contribution is 2.27. The fourth-order valence-corrected chi connectivity index (χ4v) is 5.58. The number of rotatable bonds is 8. The summed E-state index contributed by atoms with van der Waals surface area (Å²) in [6.45, 7) is 7.43. The molecule has 7 heteroatoms. The standard InChI is InChI=1S/C26H30N2O3S2/c1-18-11-13-23(16-19(18)2)28(33(5,30)31)21(4)26(29)27-25-14-12-22(15-20(25)3)17-32-24-9-7-6-8-10-24/h6-16,21H,17H2,1-5H3,(H,27,29)/t21-/m1/s1. The van der Waals surface area contributed by atoms with E-state index >= 15 is 0 Å². The van der Waals surface area contributed by atoms with Crippen molar-refractivity contribution in [3.8, 4) is 0 Å². The van der Waals surface area contributed by atoms with E-state index in [0.29, 0.717) is 11.4 Å². The zero-order valence-electron chi connectivity index (χ0n) is 19.6. The van der Waals surface area contributed by atoms with Gasteiger partial charge in [0.15, 0.2) is 0 Å². The van der Waals surface area contributed by atoms with Crippen molar-refractivity contribution in [2.75, 3.05) is 15.9 Å². The van der Waals surface area contributed by atoms with E-state index in [9.17, 15) is 13.2 Å². The molecule has 0 aliphatic heterocycles. The van der Waals surface area contributed by atoms with Crippen molar-refractivity contribution in [1.29, 1.82) is 0 Å². The van der Waals surface area contributed by atoms with E-state index in [0.717, 1.165) is 34.3 Å². The van der Waals surface area contributed by atoms with Crippen LogP contribution in [0.5, 0.6) is 0 Å². The third-order valence-corrected chi connectivity index (χ3v) is 7.86. The number of amides is 1. The predicted octanol–water partition coefficient (Wildman–Crippen LogP) is 5.70. The molecular weight excluding hydrogens is 452 g/mol. The third kappa shape index (κ3) is 6.39. The maximum atomic E-state index is 13.1. The molecule has 0 aliphatic rings. The van der Waals surface area contributed by atoms with Crippen LogP contribution in [0.15, 0.2) is 71.6 Å². The van der Waals surface area contributed by atoms with E-state index in [1.54, 1.807) is 30.8 Å². The summed E-state index contributed by atoms with van der Waals surface area (Å²) < 4.78 is 26.3. The first kappa shape index (κ1) is 24.9. The average Bonchev–Trinajstić information content (AvgIpc) is 2.76. The van der Waals surface area contributed by atoms with Crippen LogP contribution in [0.3, 0.4) is 0 Å². The van der Waals surface area contributed by atoms with E-state index in [2.05, 4.69) is 17.4 Å². The van der Waals surface area contributed by atoms with Crippen molar-refractivity contribution >= 4 is 39.1 Å². The Balaban J connectivity index is 1.75. The van der Waals surface area contributed by atoms with Gasteiger partial charge in [-0.3, -0.25) is 9.10 Å². The quantitative estimate of drug-likeness (QED) is 0.419. The first-order chi connectivity index (χ1) is 15.6. The van der Waals surface area contributed by atoms with Crippen LogP contribution in [0.1, 0.15) is 29.2 Å². The first-order valence-electron chi connectivity index (χ1n) is 10.7. The number of aryl methyl sites for hydroxylation is 3. The lowest BCUT2D eigenvalue weighted by atomic mass is 10.1. The molecule has 0 radical (unpaired) electrons.